The first-order valence-electron chi connectivity index (χ1n) is 4.85. The van der Waals surface area contributed by atoms with Crippen molar-refractivity contribution >= 4 is 0 Å². The third-order valence-electron chi connectivity index (χ3n) is 2.38. The van der Waals surface area contributed by atoms with Gasteiger partial charge in [-0.1, -0.05) is 18.2 Å². The molecule has 3 nitrogen and oxygen atoms in total. The molecule has 0 saturated carbocycles. The van der Waals surface area contributed by atoms with Gasteiger partial charge in [0.1, 0.15) is 5.69 Å². The van der Waals surface area contributed by atoms with E-state index in [0.29, 0.717) is 17.3 Å². The number of aryl methyl sites for hydroxylation is 1. The Hall–Kier alpha value is -1.98. The Bertz CT molecular complexity index is 595. The van der Waals surface area contributed by atoms with E-state index in [1.165, 1.54) is 0 Å². The van der Waals surface area contributed by atoms with Crippen molar-refractivity contribution in [3.63, 3.8) is 0 Å². The molecule has 0 aliphatic rings. The highest BCUT2D eigenvalue weighted by Crippen LogP contribution is 2.26. The standard InChI is InChI=1S/C11H9F3N2O/c1-7-4-2-3-5-8(7)16-10(17)6-9(15-16)11(12,13)14/h2-6,15H,1H3. The largest absolute Gasteiger partial charge is 0.432 e. The Morgan fingerprint density at radius 3 is 2.41 bits per heavy atom. The predicted octanol–water partition coefficient (Wildman–Crippen LogP) is 2.49. The van der Waals surface area contributed by atoms with Crippen LogP contribution in [0.25, 0.3) is 5.69 Å². The van der Waals surface area contributed by atoms with Crippen LogP contribution >= 0.6 is 0 Å². The number of alkyl halides is 3. The number of nitrogens with zero attached hydrogens (tertiary/aromatic N) is 1. The van der Waals surface area contributed by atoms with Gasteiger partial charge in [0.2, 0.25) is 0 Å². The van der Waals surface area contributed by atoms with E-state index in [4.69, 9.17) is 0 Å². The summed E-state index contributed by atoms with van der Waals surface area (Å²) in [5.74, 6) is 0. The number of aromatic amines is 1. The van der Waals surface area contributed by atoms with Crippen molar-refractivity contribution < 1.29 is 13.2 Å². The van der Waals surface area contributed by atoms with E-state index < -0.39 is 17.4 Å². The fourth-order valence-electron chi connectivity index (χ4n) is 1.53. The molecule has 90 valence electrons. The average Bonchev–Trinajstić information content (AvgIpc) is 2.61. The normalized spacial score (nSPS) is 11.8. The number of H-pyrrole nitrogens is 1. The van der Waals surface area contributed by atoms with Crippen molar-refractivity contribution in [2.24, 2.45) is 0 Å². The summed E-state index contributed by atoms with van der Waals surface area (Å²) in [7, 11) is 0. The van der Waals surface area contributed by atoms with Crippen LogP contribution in [0.1, 0.15) is 11.3 Å². The van der Waals surface area contributed by atoms with Crippen LogP contribution in [-0.4, -0.2) is 9.78 Å². The lowest BCUT2D eigenvalue weighted by Crippen LogP contribution is -2.14. The third-order valence-corrected chi connectivity index (χ3v) is 2.38. The van der Waals surface area contributed by atoms with E-state index >= 15 is 0 Å². The first kappa shape index (κ1) is 11.5. The molecule has 1 aromatic carbocycles. The molecule has 0 saturated heterocycles. The summed E-state index contributed by atoms with van der Waals surface area (Å²) >= 11 is 0. The van der Waals surface area contributed by atoms with Gasteiger partial charge in [-0.05, 0) is 18.6 Å². The molecule has 17 heavy (non-hydrogen) atoms. The van der Waals surface area contributed by atoms with Gasteiger partial charge in [0.05, 0.1) is 5.69 Å². The first-order chi connectivity index (χ1) is 7.89. The monoisotopic (exact) mass is 242 g/mol. The molecule has 0 fully saturated rings. The van der Waals surface area contributed by atoms with Crippen molar-refractivity contribution in [3.8, 4) is 5.69 Å². The molecule has 0 amide bonds. The van der Waals surface area contributed by atoms with Crippen LogP contribution in [0.3, 0.4) is 0 Å². The minimum Gasteiger partial charge on any atom is -0.286 e. The second-order valence-electron chi connectivity index (χ2n) is 3.63. The number of nitrogens with one attached hydrogen (secondary N) is 1. The second-order valence-corrected chi connectivity index (χ2v) is 3.63. The predicted molar refractivity (Wildman–Crippen MR) is 56.1 cm³/mol. The highest BCUT2D eigenvalue weighted by atomic mass is 19.4. The molecule has 0 bridgehead atoms. The van der Waals surface area contributed by atoms with Crippen LogP contribution in [0.15, 0.2) is 35.1 Å². The smallest absolute Gasteiger partial charge is 0.286 e. The Morgan fingerprint density at radius 2 is 1.88 bits per heavy atom. The topological polar surface area (TPSA) is 37.8 Å². The number of rotatable bonds is 1. The number of para-hydroxylation sites is 1. The van der Waals surface area contributed by atoms with E-state index in [1.54, 1.807) is 31.2 Å². The van der Waals surface area contributed by atoms with Crippen molar-refractivity contribution in [2.45, 2.75) is 13.1 Å². The third kappa shape index (κ3) is 2.11. The van der Waals surface area contributed by atoms with E-state index in [2.05, 4.69) is 5.10 Å². The molecule has 1 aromatic heterocycles. The van der Waals surface area contributed by atoms with Gasteiger partial charge in [-0.15, -0.1) is 0 Å². The molecule has 6 heteroatoms. The van der Waals surface area contributed by atoms with Crippen LogP contribution in [0.5, 0.6) is 0 Å². The fourth-order valence-corrected chi connectivity index (χ4v) is 1.53. The molecule has 0 spiro atoms. The molecule has 0 radical (unpaired) electrons. The summed E-state index contributed by atoms with van der Waals surface area (Å²) in [4.78, 5) is 11.5. The molecule has 2 aromatic rings. The van der Waals surface area contributed by atoms with Gasteiger partial charge in [0.15, 0.2) is 0 Å². The lowest BCUT2D eigenvalue weighted by molar-refractivity contribution is -0.141. The SMILES string of the molecule is Cc1ccccc1-n1[nH]c(C(F)(F)F)cc1=O. The van der Waals surface area contributed by atoms with E-state index in [1.807, 2.05) is 0 Å². The number of hydrogen-bond acceptors (Lipinski definition) is 1. The zero-order valence-corrected chi connectivity index (χ0v) is 8.88. The zero-order valence-electron chi connectivity index (χ0n) is 8.88. The maximum absolute atomic E-state index is 12.4. The van der Waals surface area contributed by atoms with Crippen molar-refractivity contribution in [1.29, 1.82) is 0 Å². The van der Waals surface area contributed by atoms with E-state index in [9.17, 15) is 18.0 Å². The lowest BCUT2D eigenvalue weighted by Gasteiger charge is -2.06. The molecular weight excluding hydrogens is 233 g/mol. The molecule has 1 heterocycles. The van der Waals surface area contributed by atoms with Gasteiger partial charge in [0.25, 0.3) is 5.56 Å². The molecule has 0 atom stereocenters. The van der Waals surface area contributed by atoms with Crippen LogP contribution in [0.2, 0.25) is 0 Å². The summed E-state index contributed by atoms with van der Waals surface area (Å²) in [5.41, 5.74) is -0.657. The number of benzene rings is 1. The van der Waals surface area contributed by atoms with Gasteiger partial charge in [-0.25, -0.2) is 4.68 Å². The molecule has 1 N–H and O–H groups in total. The molecular formula is C11H9F3N2O. The van der Waals surface area contributed by atoms with Crippen LogP contribution < -0.4 is 5.56 Å². The molecule has 0 unspecified atom stereocenters. The number of halogens is 3. The van der Waals surface area contributed by atoms with Gasteiger partial charge < -0.3 is 0 Å². The maximum Gasteiger partial charge on any atom is 0.432 e. The Balaban J connectivity index is 2.59. The molecule has 2 rings (SSSR count). The van der Waals surface area contributed by atoms with E-state index in [0.717, 1.165) is 4.68 Å². The van der Waals surface area contributed by atoms with Crippen molar-refractivity contribution in [2.75, 3.05) is 0 Å². The number of aromatic nitrogens is 2. The first-order valence-corrected chi connectivity index (χ1v) is 4.85. The highest BCUT2D eigenvalue weighted by molar-refractivity contribution is 5.39. The summed E-state index contributed by atoms with van der Waals surface area (Å²) in [6.45, 7) is 1.72. The Kier molecular flexibility index (Phi) is 2.57. The summed E-state index contributed by atoms with van der Waals surface area (Å²) in [5, 5.41) is 2.06. The van der Waals surface area contributed by atoms with Crippen molar-refractivity contribution in [1.82, 2.24) is 9.78 Å². The van der Waals surface area contributed by atoms with Gasteiger partial charge >= 0.3 is 6.18 Å². The van der Waals surface area contributed by atoms with E-state index in [-0.39, 0.29) is 0 Å². The zero-order chi connectivity index (χ0) is 12.6. The summed E-state index contributed by atoms with van der Waals surface area (Å²) < 4.78 is 38.1. The Morgan fingerprint density at radius 1 is 1.24 bits per heavy atom. The minimum atomic E-state index is -4.55. The summed E-state index contributed by atoms with van der Waals surface area (Å²) in [6.07, 6.45) is -4.55. The average molecular weight is 242 g/mol. The second kappa shape index (κ2) is 3.80. The summed E-state index contributed by atoms with van der Waals surface area (Å²) in [6, 6.07) is 7.25. The highest BCUT2D eigenvalue weighted by Gasteiger charge is 2.33. The van der Waals surface area contributed by atoms with Gasteiger partial charge in [-0.2, -0.15) is 13.2 Å². The van der Waals surface area contributed by atoms with Gasteiger partial charge in [0, 0.05) is 6.07 Å². The maximum atomic E-state index is 12.4. The fraction of sp³-hybridized carbons (Fsp3) is 0.182. The lowest BCUT2D eigenvalue weighted by atomic mass is 10.2. The van der Waals surface area contributed by atoms with Crippen LogP contribution in [-0.2, 0) is 6.18 Å². The number of hydrogen-bond donors (Lipinski definition) is 1. The van der Waals surface area contributed by atoms with Crippen molar-refractivity contribution in [3.05, 3.63) is 51.9 Å². The molecule has 0 aliphatic heterocycles. The quantitative estimate of drug-likeness (QED) is 0.819. The van der Waals surface area contributed by atoms with Crippen LogP contribution in [0.4, 0.5) is 13.2 Å². The molecule has 0 aliphatic carbocycles. The van der Waals surface area contributed by atoms with Gasteiger partial charge in [-0.3, -0.25) is 9.89 Å². The Labute approximate surface area is 94.5 Å². The van der Waals surface area contributed by atoms with Crippen LogP contribution in [0, 0.1) is 6.92 Å². The minimum absolute atomic E-state index is 0.410.